The first-order valence-corrected chi connectivity index (χ1v) is 5.54. The van der Waals surface area contributed by atoms with Gasteiger partial charge in [-0.2, -0.15) is 0 Å². The molecule has 1 heterocycles. The summed E-state index contributed by atoms with van der Waals surface area (Å²) in [5.41, 5.74) is 1.46. The maximum Gasteiger partial charge on any atom is 0.141 e. The summed E-state index contributed by atoms with van der Waals surface area (Å²) in [4.78, 5) is 3.82. The number of halogens is 1. The first kappa shape index (κ1) is 10.6. The van der Waals surface area contributed by atoms with Crippen molar-refractivity contribution in [3.8, 4) is 0 Å². The second kappa shape index (κ2) is 4.27. The lowest BCUT2D eigenvalue weighted by molar-refractivity contribution is 0.443. The van der Waals surface area contributed by atoms with Crippen LogP contribution in [0.25, 0.3) is 0 Å². The molecule has 1 fully saturated rings. The van der Waals surface area contributed by atoms with E-state index in [0.717, 1.165) is 12.1 Å². The van der Waals surface area contributed by atoms with Crippen molar-refractivity contribution in [2.45, 2.75) is 32.7 Å². The van der Waals surface area contributed by atoms with E-state index in [4.69, 9.17) is 0 Å². The Hall–Kier alpha value is -0.960. The van der Waals surface area contributed by atoms with Crippen LogP contribution >= 0.6 is 0 Å². The Morgan fingerprint density at radius 3 is 2.87 bits per heavy atom. The van der Waals surface area contributed by atoms with E-state index in [1.807, 2.05) is 0 Å². The maximum absolute atomic E-state index is 12.8. The third kappa shape index (κ3) is 2.75. The van der Waals surface area contributed by atoms with Gasteiger partial charge in [-0.25, -0.2) is 4.39 Å². The summed E-state index contributed by atoms with van der Waals surface area (Å²) in [5, 5.41) is 3.38. The summed E-state index contributed by atoms with van der Waals surface area (Å²) in [6, 6.07) is 1.53. The van der Waals surface area contributed by atoms with Crippen molar-refractivity contribution >= 4 is 0 Å². The molecular weight excluding hydrogens is 191 g/mol. The molecule has 0 spiro atoms. The molecule has 1 aliphatic carbocycles. The Morgan fingerprint density at radius 2 is 2.27 bits per heavy atom. The van der Waals surface area contributed by atoms with Crippen LogP contribution in [0.4, 0.5) is 4.39 Å². The zero-order valence-corrected chi connectivity index (χ0v) is 9.09. The zero-order chi connectivity index (χ0) is 10.7. The minimum atomic E-state index is -0.258. The summed E-state index contributed by atoms with van der Waals surface area (Å²) in [6.45, 7) is 3.99. The van der Waals surface area contributed by atoms with Crippen LogP contribution in [0.1, 0.15) is 31.7 Å². The first-order valence-electron chi connectivity index (χ1n) is 5.54. The largest absolute Gasteiger partial charge is 0.312 e. The van der Waals surface area contributed by atoms with E-state index < -0.39 is 0 Å². The smallest absolute Gasteiger partial charge is 0.141 e. The third-order valence-corrected chi connectivity index (χ3v) is 3.30. The lowest BCUT2D eigenvalue weighted by Gasteiger charge is -2.13. The molecule has 1 aliphatic rings. The molecule has 0 saturated heterocycles. The summed E-state index contributed by atoms with van der Waals surface area (Å²) < 4.78 is 12.8. The standard InChI is InChI=1S/C12H17FN2/c1-2-12(3-4-12)9-15-7-10-5-11(13)8-14-6-10/h5-6,8,15H,2-4,7,9H2,1H3. The van der Waals surface area contributed by atoms with Gasteiger partial charge in [0.1, 0.15) is 5.82 Å². The molecule has 0 atom stereocenters. The molecule has 1 saturated carbocycles. The molecule has 2 rings (SSSR count). The molecule has 0 radical (unpaired) electrons. The van der Waals surface area contributed by atoms with E-state index in [1.165, 1.54) is 31.5 Å². The predicted octanol–water partition coefficient (Wildman–Crippen LogP) is 2.50. The summed E-state index contributed by atoms with van der Waals surface area (Å²) in [5.74, 6) is -0.258. The molecule has 0 aromatic carbocycles. The van der Waals surface area contributed by atoms with Crippen molar-refractivity contribution in [1.29, 1.82) is 0 Å². The Balaban J connectivity index is 1.78. The lowest BCUT2D eigenvalue weighted by atomic mass is 10.0. The number of pyridine rings is 1. The van der Waals surface area contributed by atoms with Crippen molar-refractivity contribution < 1.29 is 4.39 Å². The molecular formula is C12H17FN2. The molecule has 3 heteroatoms. The highest BCUT2D eigenvalue weighted by atomic mass is 19.1. The number of nitrogens with one attached hydrogen (secondary N) is 1. The van der Waals surface area contributed by atoms with E-state index >= 15 is 0 Å². The van der Waals surface area contributed by atoms with E-state index in [0.29, 0.717) is 12.0 Å². The van der Waals surface area contributed by atoms with Gasteiger partial charge < -0.3 is 5.32 Å². The molecule has 1 N–H and O–H groups in total. The highest BCUT2D eigenvalue weighted by molar-refractivity contribution is 5.10. The Labute approximate surface area is 89.9 Å². The van der Waals surface area contributed by atoms with Crippen molar-refractivity contribution in [1.82, 2.24) is 10.3 Å². The van der Waals surface area contributed by atoms with Crippen molar-refractivity contribution in [2.75, 3.05) is 6.54 Å². The van der Waals surface area contributed by atoms with Gasteiger partial charge in [0, 0.05) is 19.3 Å². The molecule has 0 unspecified atom stereocenters. The maximum atomic E-state index is 12.8. The third-order valence-electron chi connectivity index (χ3n) is 3.30. The van der Waals surface area contributed by atoms with E-state index in [-0.39, 0.29) is 5.82 Å². The van der Waals surface area contributed by atoms with Crippen LogP contribution < -0.4 is 5.32 Å². The highest BCUT2D eigenvalue weighted by Crippen LogP contribution is 2.47. The molecule has 0 bridgehead atoms. The van der Waals surface area contributed by atoms with Crippen LogP contribution in [0.5, 0.6) is 0 Å². The molecule has 0 aliphatic heterocycles. The molecule has 0 amide bonds. The van der Waals surface area contributed by atoms with Crippen LogP contribution in [-0.4, -0.2) is 11.5 Å². The summed E-state index contributed by atoms with van der Waals surface area (Å²) >= 11 is 0. The van der Waals surface area contributed by atoms with E-state index in [9.17, 15) is 4.39 Å². The van der Waals surface area contributed by atoms with E-state index in [2.05, 4.69) is 17.2 Å². The van der Waals surface area contributed by atoms with Gasteiger partial charge in [0.25, 0.3) is 0 Å². The predicted molar refractivity (Wildman–Crippen MR) is 57.9 cm³/mol. The van der Waals surface area contributed by atoms with Crippen molar-refractivity contribution in [2.24, 2.45) is 5.41 Å². The van der Waals surface area contributed by atoms with Crippen LogP contribution in [0.15, 0.2) is 18.5 Å². The fourth-order valence-corrected chi connectivity index (χ4v) is 1.86. The van der Waals surface area contributed by atoms with Crippen molar-refractivity contribution in [3.63, 3.8) is 0 Å². The summed E-state index contributed by atoms with van der Waals surface area (Å²) in [7, 11) is 0. The number of rotatable bonds is 5. The van der Waals surface area contributed by atoms with Crippen LogP contribution in [0.2, 0.25) is 0 Å². The Bertz CT molecular complexity index is 334. The van der Waals surface area contributed by atoms with Gasteiger partial charge in [-0.15, -0.1) is 0 Å². The molecule has 1 aromatic heterocycles. The Kier molecular flexibility index (Phi) is 3.00. The van der Waals surface area contributed by atoms with Gasteiger partial charge in [0.2, 0.25) is 0 Å². The average molecular weight is 208 g/mol. The van der Waals surface area contributed by atoms with Gasteiger partial charge in [0.05, 0.1) is 6.20 Å². The topological polar surface area (TPSA) is 24.9 Å². The van der Waals surface area contributed by atoms with Crippen LogP contribution in [0.3, 0.4) is 0 Å². The van der Waals surface area contributed by atoms with Gasteiger partial charge >= 0.3 is 0 Å². The fourth-order valence-electron chi connectivity index (χ4n) is 1.86. The number of hydrogen-bond donors (Lipinski definition) is 1. The second-order valence-corrected chi connectivity index (χ2v) is 4.47. The number of aromatic nitrogens is 1. The molecule has 2 nitrogen and oxygen atoms in total. The SMILES string of the molecule is CCC1(CNCc2cncc(F)c2)CC1. The Morgan fingerprint density at radius 1 is 1.47 bits per heavy atom. The molecule has 82 valence electrons. The van der Waals surface area contributed by atoms with Crippen LogP contribution in [0, 0.1) is 11.2 Å². The molecule has 1 aromatic rings. The second-order valence-electron chi connectivity index (χ2n) is 4.47. The fraction of sp³-hybridized carbons (Fsp3) is 0.583. The van der Waals surface area contributed by atoms with E-state index in [1.54, 1.807) is 6.20 Å². The monoisotopic (exact) mass is 208 g/mol. The first-order chi connectivity index (χ1) is 7.24. The zero-order valence-electron chi connectivity index (χ0n) is 9.09. The molecule has 15 heavy (non-hydrogen) atoms. The lowest BCUT2D eigenvalue weighted by Crippen LogP contribution is -2.23. The van der Waals surface area contributed by atoms with Crippen molar-refractivity contribution in [3.05, 3.63) is 29.8 Å². The summed E-state index contributed by atoms with van der Waals surface area (Å²) in [6.07, 6.45) is 6.84. The van der Waals surface area contributed by atoms with Gasteiger partial charge in [-0.1, -0.05) is 6.92 Å². The normalized spacial score (nSPS) is 17.7. The van der Waals surface area contributed by atoms with Gasteiger partial charge in [0.15, 0.2) is 0 Å². The minimum Gasteiger partial charge on any atom is -0.312 e. The van der Waals surface area contributed by atoms with Crippen LogP contribution in [-0.2, 0) is 6.54 Å². The number of nitrogens with zero attached hydrogens (tertiary/aromatic N) is 1. The van der Waals surface area contributed by atoms with Gasteiger partial charge in [-0.05, 0) is 36.3 Å². The quantitative estimate of drug-likeness (QED) is 0.804. The average Bonchev–Trinajstić information content (AvgIpc) is 2.99. The van der Waals surface area contributed by atoms with Gasteiger partial charge in [-0.3, -0.25) is 4.98 Å². The minimum absolute atomic E-state index is 0.258. The highest BCUT2D eigenvalue weighted by Gasteiger charge is 2.39. The number of hydrogen-bond acceptors (Lipinski definition) is 2.